The third-order valence-corrected chi connectivity index (χ3v) is 4.82. The number of aromatic carboxylic acids is 2. The van der Waals surface area contributed by atoms with Gasteiger partial charge in [-0.25, -0.2) is 19.6 Å². The standard InChI is InChI=1S/C10H7N3O6S2/c14-8(15)6-5(1-2-11-7(6)9(16)17)13-21(18,19)10-12-3-4-20-10/h1-4H,(H,11,13)(H,14,15)(H,16,17). The van der Waals surface area contributed by atoms with E-state index in [1.807, 2.05) is 4.72 Å². The van der Waals surface area contributed by atoms with E-state index < -0.39 is 38.9 Å². The van der Waals surface area contributed by atoms with Crippen LogP contribution in [-0.2, 0) is 10.0 Å². The molecule has 0 fully saturated rings. The quantitative estimate of drug-likeness (QED) is 0.727. The monoisotopic (exact) mass is 329 g/mol. The number of pyridine rings is 1. The van der Waals surface area contributed by atoms with Crippen LogP contribution in [0.4, 0.5) is 5.69 Å². The number of rotatable bonds is 5. The highest BCUT2D eigenvalue weighted by atomic mass is 32.2. The molecule has 0 aliphatic rings. The Morgan fingerprint density at radius 3 is 2.38 bits per heavy atom. The lowest BCUT2D eigenvalue weighted by molar-refractivity contribution is 0.0647. The van der Waals surface area contributed by atoms with Crippen LogP contribution in [0.5, 0.6) is 0 Å². The van der Waals surface area contributed by atoms with Crippen molar-refractivity contribution in [1.82, 2.24) is 9.97 Å². The zero-order chi connectivity index (χ0) is 15.6. The zero-order valence-electron chi connectivity index (χ0n) is 10.0. The van der Waals surface area contributed by atoms with Crippen LogP contribution in [0.2, 0.25) is 0 Å². The van der Waals surface area contributed by atoms with Crippen molar-refractivity contribution in [2.75, 3.05) is 4.72 Å². The number of aromatic nitrogens is 2. The van der Waals surface area contributed by atoms with Gasteiger partial charge in [-0.15, -0.1) is 11.3 Å². The van der Waals surface area contributed by atoms with Crippen molar-refractivity contribution >= 4 is 39.0 Å². The molecule has 0 aliphatic heterocycles. The van der Waals surface area contributed by atoms with E-state index >= 15 is 0 Å². The molecule has 0 bridgehead atoms. The molecular formula is C10H7N3O6S2. The van der Waals surface area contributed by atoms with Crippen LogP contribution in [-0.4, -0.2) is 40.5 Å². The van der Waals surface area contributed by atoms with Gasteiger partial charge in [-0.2, -0.15) is 8.42 Å². The molecule has 0 aromatic carbocycles. The molecule has 2 aromatic rings. The van der Waals surface area contributed by atoms with Crippen molar-refractivity contribution < 1.29 is 28.2 Å². The zero-order valence-corrected chi connectivity index (χ0v) is 11.7. The molecule has 2 heterocycles. The molecule has 0 unspecified atom stereocenters. The molecule has 0 saturated heterocycles. The number of carboxylic acid groups (broad SMARTS) is 2. The summed E-state index contributed by atoms with van der Waals surface area (Å²) in [5.41, 5.74) is -1.91. The number of hydrogen-bond donors (Lipinski definition) is 3. The van der Waals surface area contributed by atoms with Crippen molar-refractivity contribution in [3.05, 3.63) is 35.1 Å². The van der Waals surface area contributed by atoms with E-state index in [2.05, 4.69) is 9.97 Å². The van der Waals surface area contributed by atoms with Crippen LogP contribution in [0.1, 0.15) is 20.8 Å². The Labute approximate surface area is 122 Å². The van der Waals surface area contributed by atoms with Gasteiger partial charge < -0.3 is 10.2 Å². The summed E-state index contributed by atoms with van der Waals surface area (Å²) in [4.78, 5) is 29.2. The van der Waals surface area contributed by atoms with Crippen LogP contribution in [0.25, 0.3) is 0 Å². The summed E-state index contributed by atoms with van der Waals surface area (Å²) >= 11 is 0.833. The fourth-order valence-electron chi connectivity index (χ4n) is 1.46. The van der Waals surface area contributed by atoms with Gasteiger partial charge in [0.15, 0.2) is 5.69 Å². The van der Waals surface area contributed by atoms with Crippen molar-refractivity contribution in [3.8, 4) is 0 Å². The third-order valence-electron chi connectivity index (χ3n) is 2.25. The summed E-state index contributed by atoms with van der Waals surface area (Å²) in [6.45, 7) is 0. The van der Waals surface area contributed by atoms with Crippen LogP contribution < -0.4 is 4.72 Å². The highest BCUT2D eigenvalue weighted by molar-refractivity contribution is 7.94. The first-order valence-corrected chi connectivity index (χ1v) is 7.57. The smallest absolute Gasteiger partial charge is 0.355 e. The fourth-order valence-corrected chi connectivity index (χ4v) is 3.36. The summed E-state index contributed by atoms with van der Waals surface area (Å²) in [6, 6.07) is 1.06. The number of carboxylic acids is 2. The number of carbonyl (C=O) groups is 2. The maximum Gasteiger partial charge on any atom is 0.355 e. The van der Waals surface area contributed by atoms with Crippen LogP contribution in [0.15, 0.2) is 28.2 Å². The van der Waals surface area contributed by atoms with Crippen LogP contribution >= 0.6 is 11.3 Å². The minimum Gasteiger partial charge on any atom is -0.478 e. The molecule has 0 spiro atoms. The molecule has 0 aliphatic carbocycles. The lowest BCUT2D eigenvalue weighted by Gasteiger charge is -2.10. The summed E-state index contributed by atoms with van der Waals surface area (Å²) in [7, 11) is -4.10. The highest BCUT2D eigenvalue weighted by Gasteiger charge is 2.25. The van der Waals surface area contributed by atoms with Crippen molar-refractivity contribution in [2.45, 2.75) is 4.34 Å². The lowest BCUT2D eigenvalue weighted by Crippen LogP contribution is -2.18. The fraction of sp³-hybridized carbons (Fsp3) is 0. The molecule has 0 saturated carbocycles. The van der Waals surface area contributed by atoms with E-state index in [0.717, 1.165) is 23.6 Å². The van der Waals surface area contributed by atoms with Crippen LogP contribution in [0, 0.1) is 0 Å². The summed E-state index contributed by atoms with van der Waals surface area (Å²) < 4.78 is 25.7. The SMILES string of the molecule is O=C(O)c1nccc(NS(=O)(=O)c2nccs2)c1C(=O)O. The third kappa shape index (κ3) is 2.98. The van der Waals surface area contributed by atoms with E-state index in [1.165, 1.54) is 11.6 Å². The molecular weight excluding hydrogens is 322 g/mol. The van der Waals surface area contributed by atoms with Gasteiger partial charge in [0.25, 0.3) is 10.0 Å². The Bertz CT molecular complexity index is 800. The molecule has 0 atom stereocenters. The van der Waals surface area contributed by atoms with E-state index in [1.54, 1.807) is 0 Å². The Kier molecular flexibility index (Phi) is 3.86. The Hall–Kier alpha value is -2.53. The second-order valence-corrected chi connectivity index (χ2v) is 6.35. The first-order valence-electron chi connectivity index (χ1n) is 5.21. The molecule has 2 rings (SSSR count). The number of sulfonamides is 1. The largest absolute Gasteiger partial charge is 0.478 e. The molecule has 9 nitrogen and oxygen atoms in total. The number of anilines is 1. The van der Waals surface area contributed by atoms with Gasteiger partial charge >= 0.3 is 11.9 Å². The molecule has 0 radical (unpaired) electrons. The molecule has 21 heavy (non-hydrogen) atoms. The molecule has 0 amide bonds. The van der Waals surface area contributed by atoms with Gasteiger partial charge in [0.2, 0.25) is 4.34 Å². The van der Waals surface area contributed by atoms with Gasteiger partial charge in [0.1, 0.15) is 5.56 Å². The summed E-state index contributed by atoms with van der Waals surface area (Å²) in [5, 5.41) is 19.4. The Morgan fingerprint density at radius 1 is 1.14 bits per heavy atom. The normalized spacial score (nSPS) is 11.0. The molecule has 2 aromatic heterocycles. The van der Waals surface area contributed by atoms with E-state index in [4.69, 9.17) is 10.2 Å². The Morgan fingerprint density at radius 2 is 1.86 bits per heavy atom. The average Bonchev–Trinajstić information content (AvgIpc) is 2.92. The van der Waals surface area contributed by atoms with Crippen molar-refractivity contribution in [3.63, 3.8) is 0 Å². The summed E-state index contributed by atoms with van der Waals surface area (Å²) in [6.07, 6.45) is 2.27. The maximum atomic E-state index is 12.0. The number of thiazole rings is 1. The van der Waals surface area contributed by atoms with Gasteiger partial charge in [-0.3, -0.25) is 4.72 Å². The van der Waals surface area contributed by atoms with Crippen molar-refractivity contribution in [2.24, 2.45) is 0 Å². The van der Waals surface area contributed by atoms with E-state index in [0.29, 0.717) is 0 Å². The number of nitrogens with one attached hydrogen (secondary N) is 1. The molecule has 11 heteroatoms. The first kappa shape index (κ1) is 14.9. The average molecular weight is 329 g/mol. The van der Waals surface area contributed by atoms with E-state index in [-0.39, 0.29) is 4.34 Å². The van der Waals surface area contributed by atoms with Gasteiger partial charge in [0, 0.05) is 17.8 Å². The topological polar surface area (TPSA) is 147 Å². The first-order chi connectivity index (χ1) is 9.83. The van der Waals surface area contributed by atoms with Gasteiger partial charge in [-0.05, 0) is 6.07 Å². The number of hydrogen-bond acceptors (Lipinski definition) is 7. The van der Waals surface area contributed by atoms with Gasteiger partial charge in [-0.1, -0.05) is 0 Å². The molecule has 3 N–H and O–H groups in total. The van der Waals surface area contributed by atoms with E-state index in [9.17, 15) is 18.0 Å². The number of nitrogens with zero attached hydrogens (tertiary/aromatic N) is 2. The Balaban J connectivity index is 2.53. The summed E-state index contributed by atoms with van der Waals surface area (Å²) in [5.74, 6) is -3.19. The second kappa shape index (κ2) is 5.46. The highest BCUT2D eigenvalue weighted by Crippen LogP contribution is 2.23. The van der Waals surface area contributed by atoms with Crippen LogP contribution in [0.3, 0.4) is 0 Å². The van der Waals surface area contributed by atoms with Gasteiger partial charge in [0.05, 0.1) is 5.69 Å². The second-order valence-electron chi connectivity index (χ2n) is 3.60. The minimum atomic E-state index is -4.10. The molecule has 110 valence electrons. The predicted molar refractivity (Wildman–Crippen MR) is 71.1 cm³/mol. The maximum absolute atomic E-state index is 12.0. The minimum absolute atomic E-state index is 0.271. The van der Waals surface area contributed by atoms with Crippen molar-refractivity contribution in [1.29, 1.82) is 0 Å². The predicted octanol–water partition coefficient (Wildman–Crippen LogP) is 0.735. The lowest BCUT2D eigenvalue weighted by atomic mass is 10.1.